The van der Waals surface area contributed by atoms with Crippen molar-refractivity contribution in [2.75, 3.05) is 41.3 Å². The molecule has 1 aliphatic rings. The number of carbonyl (C=O) groups excluding carboxylic acids is 3. The molecule has 3 amide bonds. The highest BCUT2D eigenvalue weighted by Crippen LogP contribution is 2.35. The van der Waals surface area contributed by atoms with Gasteiger partial charge in [0.05, 0.1) is 12.1 Å². The minimum atomic E-state index is -4.10. The van der Waals surface area contributed by atoms with Gasteiger partial charge in [-0.15, -0.1) is 11.3 Å². The fraction of sp³-hybridized carbons (Fsp3) is 0.333. The number of pyridine rings is 1. The Kier molecular flexibility index (Phi) is 9.58. The zero-order valence-corrected chi connectivity index (χ0v) is 27.9. The standard InChI is InChI=1S/C30H32ClN7O6S2/c1-34(2)26(39)13-23-17-37(46(43,44)28-11-20-5-6-22(31)12-25(20)45-28)18-24(14-27(40)35(3)4)38(23)30(41)29-32-15-21(16-33-29)19-7-9-36(42)10-8-19/h5-12,15-16,23-24H,13-14,17-18H2,1-4H3. The van der Waals surface area contributed by atoms with Gasteiger partial charge in [0.1, 0.15) is 4.21 Å². The van der Waals surface area contributed by atoms with Crippen LogP contribution in [0.25, 0.3) is 21.2 Å². The highest BCUT2D eigenvalue weighted by molar-refractivity contribution is 7.91. The van der Waals surface area contributed by atoms with Crippen molar-refractivity contribution in [2.45, 2.75) is 29.1 Å². The highest BCUT2D eigenvalue weighted by atomic mass is 35.5. The first-order valence-electron chi connectivity index (χ1n) is 14.2. The second-order valence-corrected chi connectivity index (χ2v) is 15.0. The summed E-state index contributed by atoms with van der Waals surface area (Å²) in [6, 6.07) is 8.00. The van der Waals surface area contributed by atoms with Crippen LogP contribution in [0.4, 0.5) is 0 Å². The van der Waals surface area contributed by atoms with E-state index in [1.807, 2.05) is 0 Å². The zero-order chi connectivity index (χ0) is 33.3. The lowest BCUT2D eigenvalue weighted by atomic mass is 10.0. The molecule has 16 heteroatoms. The molecule has 0 saturated carbocycles. The Balaban J connectivity index is 1.53. The third-order valence-corrected chi connectivity index (χ3v) is 11.3. The number of thiophene rings is 1. The molecule has 242 valence electrons. The van der Waals surface area contributed by atoms with E-state index < -0.39 is 28.0 Å². The summed E-state index contributed by atoms with van der Waals surface area (Å²) in [5, 5.41) is 12.6. The van der Waals surface area contributed by atoms with Gasteiger partial charge in [0, 0.05) is 93.9 Å². The van der Waals surface area contributed by atoms with E-state index in [0.29, 0.717) is 31.0 Å². The first kappa shape index (κ1) is 33.2. The van der Waals surface area contributed by atoms with Gasteiger partial charge in [-0.2, -0.15) is 9.04 Å². The van der Waals surface area contributed by atoms with Crippen molar-refractivity contribution in [3.8, 4) is 11.1 Å². The van der Waals surface area contributed by atoms with Crippen molar-refractivity contribution in [3.63, 3.8) is 0 Å². The van der Waals surface area contributed by atoms with E-state index in [-0.39, 0.29) is 47.8 Å². The highest BCUT2D eigenvalue weighted by Gasteiger charge is 2.45. The predicted molar refractivity (Wildman–Crippen MR) is 172 cm³/mol. The number of fused-ring (bicyclic) bond motifs is 1. The molecular weight excluding hydrogens is 654 g/mol. The van der Waals surface area contributed by atoms with Crippen LogP contribution in [-0.2, 0) is 19.6 Å². The van der Waals surface area contributed by atoms with Crippen molar-refractivity contribution in [2.24, 2.45) is 0 Å². The van der Waals surface area contributed by atoms with Crippen LogP contribution in [0.15, 0.2) is 65.4 Å². The van der Waals surface area contributed by atoms with Gasteiger partial charge in [-0.1, -0.05) is 17.7 Å². The first-order chi connectivity index (χ1) is 21.7. The molecule has 2 unspecified atom stereocenters. The third-order valence-electron chi connectivity index (χ3n) is 7.70. The Morgan fingerprint density at radius 2 is 1.50 bits per heavy atom. The van der Waals surface area contributed by atoms with Gasteiger partial charge < -0.3 is 19.9 Å². The zero-order valence-electron chi connectivity index (χ0n) is 25.5. The normalized spacial score (nSPS) is 17.2. The molecule has 0 aliphatic carbocycles. The number of carbonyl (C=O) groups is 3. The van der Waals surface area contributed by atoms with Crippen molar-refractivity contribution in [1.82, 2.24) is 29.0 Å². The van der Waals surface area contributed by atoms with Crippen LogP contribution in [-0.4, -0.2) is 108 Å². The van der Waals surface area contributed by atoms with Gasteiger partial charge in [-0.25, -0.2) is 18.4 Å². The number of sulfonamides is 1. The lowest BCUT2D eigenvalue weighted by Gasteiger charge is -2.45. The van der Waals surface area contributed by atoms with Crippen LogP contribution >= 0.6 is 22.9 Å². The average molecular weight is 686 g/mol. The molecular formula is C30H32ClN7O6S2. The van der Waals surface area contributed by atoms with Gasteiger partial charge in [0.25, 0.3) is 15.9 Å². The number of hydrogen-bond acceptors (Lipinski definition) is 9. The van der Waals surface area contributed by atoms with Crippen LogP contribution in [0.1, 0.15) is 23.5 Å². The maximum absolute atomic E-state index is 14.1. The Labute approximate surface area is 275 Å². The van der Waals surface area contributed by atoms with Crippen molar-refractivity contribution >= 4 is 60.8 Å². The number of halogens is 1. The van der Waals surface area contributed by atoms with E-state index in [0.717, 1.165) is 11.3 Å². The van der Waals surface area contributed by atoms with E-state index in [9.17, 15) is 28.0 Å². The number of nitrogens with zero attached hydrogens (tertiary/aromatic N) is 7. The van der Waals surface area contributed by atoms with Crippen LogP contribution in [0.3, 0.4) is 0 Å². The summed E-state index contributed by atoms with van der Waals surface area (Å²) >= 11 is 7.21. The molecule has 1 aliphatic heterocycles. The smallest absolute Gasteiger partial charge is 0.292 e. The predicted octanol–water partition coefficient (Wildman–Crippen LogP) is 2.49. The van der Waals surface area contributed by atoms with E-state index >= 15 is 0 Å². The number of amides is 3. The Morgan fingerprint density at radius 3 is 2.04 bits per heavy atom. The number of aromatic nitrogens is 3. The molecule has 1 aromatic carbocycles. The van der Waals surface area contributed by atoms with E-state index in [1.54, 1.807) is 64.6 Å². The largest absolute Gasteiger partial charge is 0.619 e. The Hall–Kier alpha value is -4.18. The van der Waals surface area contributed by atoms with Crippen LogP contribution in [0, 0.1) is 5.21 Å². The molecule has 0 bridgehead atoms. The molecule has 2 atom stereocenters. The van der Waals surface area contributed by atoms with E-state index in [1.165, 1.54) is 43.8 Å². The molecule has 0 radical (unpaired) electrons. The summed E-state index contributed by atoms with van der Waals surface area (Å²) in [5.74, 6) is -1.47. The maximum Gasteiger partial charge on any atom is 0.292 e. The number of rotatable bonds is 8. The molecule has 3 aromatic heterocycles. The first-order valence-corrected chi connectivity index (χ1v) is 16.8. The van der Waals surface area contributed by atoms with Gasteiger partial charge in [-0.3, -0.25) is 14.4 Å². The summed E-state index contributed by atoms with van der Waals surface area (Å²) in [5.41, 5.74) is 1.23. The summed E-state index contributed by atoms with van der Waals surface area (Å²) in [6.45, 7) is -0.376. The lowest BCUT2D eigenvalue weighted by molar-refractivity contribution is -0.605. The van der Waals surface area contributed by atoms with Gasteiger partial charge >= 0.3 is 0 Å². The minimum Gasteiger partial charge on any atom is -0.619 e. The topological polar surface area (TPSA) is 151 Å². The average Bonchev–Trinajstić information content (AvgIpc) is 3.45. The second kappa shape index (κ2) is 13.3. The van der Waals surface area contributed by atoms with E-state index in [4.69, 9.17) is 11.6 Å². The number of benzene rings is 1. The molecule has 0 spiro atoms. The summed E-state index contributed by atoms with van der Waals surface area (Å²) in [6.07, 6.45) is 5.15. The SMILES string of the molecule is CN(C)C(=O)CC1CN(S(=O)(=O)c2cc3ccc(Cl)cc3s2)CC(CC(=O)N(C)C)N1C(=O)c1ncc(-c2cc[n+]([O-])cc2)cn1. The van der Waals surface area contributed by atoms with E-state index in [2.05, 4.69) is 9.97 Å². The lowest BCUT2D eigenvalue weighted by Crippen LogP contribution is -2.63. The molecule has 5 rings (SSSR count). The van der Waals surface area contributed by atoms with Crippen LogP contribution < -0.4 is 4.73 Å². The monoisotopic (exact) mass is 685 g/mol. The molecule has 4 aromatic rings. The molecule has 1 fully saturated rings. The molecule has 46 heavy (non-hydrogen) atoms. The number of piperazine rings is 1. The summed E-state index contributed by atoms with van der Waals surface area (Å²) < 4.78 is 30.8. The van der Waals surface area contributed by atoms with Crippen LogP contribution in [0.2, 0.25) is 5.02 Å². The van der Waals surface area contributed by atoms with Crippen LogP contribution in [0.5, 0.6) is 0 Å². The third kappa shape index (κ3) is 6.97. The van der Waals surface area contributed by atoms with Gasteiger partial charge in [-0.05, 0) is 29.1 Å². The van der Waals surface area contributed by atoms with Crippen molar-refractivity contribution in [1.29, 1.82) is 0 Å². The minimum absolute atomic E-state index is 0.0854. The Morgan fingerprint density at radius 1 is 0.935 bits per heavy atom. The van der Waals surface area contributed by atoms with Crippen molar-refractivity contribution < 1.29 is 27.5 Å². The van der Waals surface area contributed by atoms with Gasteiger partial charge in [0.15, 0.2) is 12.4 Å². The second-order valence-electron chi connectivity index (χ2n) is 11.3. The quantitative estimate of drug-likeness (QED) is 0.203. The molecule has 13 nitrogen and oxygen atoms in total. The molecule has 4 heterocycles. The Bertz CT molecular complexity index is 1850. The fourth-order valence-corrected chi connectivity index (χ4v) is 8.53. The molecule has 1 saturated heterocycles. The fourth-order valence-electron chi connectivity index (χ4n) is 5.18. The maximum atomic E-state index is 14.1. The number of hydrogen-bond donors (Lipinski definition) is 0. The van der Waals surface area contributed by atoms with Gasteiger partial charge in [0.2, 0.25) is 17.6 Å². The van der Waals surface area contributed by atoms with Crippen molar-refractivity contribution in [3.05, 3.63) is 77.2 Å². The molecule has 0 N–H and O–H groups in total. The summed E-state index contributed by atoms with van der Waals surface area (Å²) in [4.78, 5) is 52.9. The summed E-state index contributed by atoms with van der Waals surface area (Å²) in [7, 11) is 2.18.